The van der Waals surface area contributed by atoms with Crippen LogP contribution in [0.2, 0.25) is 0 Å². The number of nitrogens with one attached hydrogen (secondary N) is 1. The van der Waals surface area contributed by atoms with Crippen molar-refractivity contribution in [1.29, 1.82) is 0 Å². The molecular weight excluding hydrogens is 208 g/mol. The maximum absolute atomic E-state index is 11.3. The van der Waals surface area contributed by atoms with Crippen LogP contribution in [0.5, 0.6) is 0 Å². The number of carbonyl (C=O) groups is 1. The largest absolute Gasteiger partial charge is 0.349 e. The van der Waals surface area contributed by atoms with E-state index in [-0.39, 0.29) is 5.91 Å². The lowest BCUT2D eigenvalue weighted by Gasteiger charge is -2.29. The fourth-order valence-corrected chi connectivity index (χ4v) is 2.95. The molecule has 0 aliphatic carbocycles. The third kappa shape index (κ3) is 4.43. The van der Waals surface area contributed by atoms with Gasteiger partial charge in [0.1, 0.15) is 0 Å². The minimum absolute atomic E-state index is 0.207. The Bertz CT molecular complexity index is 209. The van der Waals surface area contributed by atoms with Gasteiger partial charge in [-0.15, -0.1) is 0 Å². The highest BCUT2D eigenvalue weighted by atomic mass is 32.2. The molecule has 1 N–H and O–H groups in total. The number of nitrogens with zero attached hydrogens (tertiary/aromatic N) is 1. The molecule has 88 valence electrons. The zero-order valence-electron chi connectivity index (χ0n) is 9.95. The Morgan fingerprint density at radius 1 is 1.53 bits per heavy atom. The maximum Gasteiger partial charge on any atom is 0.223 e. The molecule has 0 spiro atoms. The second-order valence-electron chi connectivity index (χ2n) is 4.32. The highest BCUT2D eigenvalue weighted by molar-refractivity contribution is 7.99. The summed E-state index contributed by atoms with van der Waals surface area (Å²) in [4.78, 5) is 13.0. The van der Waals surface area contributed by atoms with Gasteiger partial charge in [0.25, 0.3) is 0 Å². The van der Waals surface area contributed by atoms with Crippen molar-refractivity contribution in [3.05, 3.63) is 0 Å². The van der Waals surface area contributed by atoms with Crippen molar-refractivity contribution >= 4 is 17.7 Å². The topological polar surface area (TPSA) is 32.3 Å². The lowest BCUT2D eigenvalue weighted by molar-refractivity contribution is -0.128. The first-order chi connectivity index (χ1) is 7.11. The molecule has 2 unspecified atom stereocenters. The van der Waals surface area contributed by atoms with E-state index >= 15 is 0 Å². The van der Waals surface area contributed by atoms with Crippen LogP contribution in [-0.4, -0.2) is 48.5 Å². The number of amides is 1. The lowest BCUT2D eigenvalue weighted by Crippen LogP contribution is -2.40. The molecule has 3 nitrogen and oxygen atoms in total. The summed E-state index contributed by atoms with van der Waals surface area (Å²) in [5, 5.41) is 4.18. The van der Waals surface area contributed by atoms with Gasteiger partial charge in [0.15, 0.2) is 0 Å². The fraction of sp³-hybridized carbons (Fsp3) is 0.909. The fourth-order valence-electron chi connectivity index (χ4n) is 1.78. The maximum atomic E-state index is 11.3. The summed E-state index contributed by atoms with van der Waals surface area (Å²) in [5.41, 5.74) is 0. The first-order valence-electron chi connectivity index (χ1n) is 5.66. The van der Waals surface area contributed by atoms with E-state index in [2.05, 4.69) is 12.2 Å². The summed E-state index contributed by atoms with van der Waals surface area (Å²) in [5.74, 6) is 1.49. The molecule has 1 fully saturated rings. The number of hydrogen-bond donors (Lipinski definition) is 1. The summed E-state index contributed by atoms with van der Waals surface area (Å²) >= 11 is 2.03. The van der Waals surface area contributed by atoms with Crippen molar-refractivity contribution in [3.63, 3.8) is 0 Å². The van der Waals surface area contributed by atoms with Gasteiger partial charge in [-0.3, -0.25) is 4.79 Å². The number of hydrogen-bond acceptors (Lipinski definition) is 3. The van der Waals surface area contributed by atoms with Crippen LogP contribution in [0.4, 0.5) is 0 Å². The molecule has 1 amide bonds. The van der Waals surface area contributed by atoms with Crippen LogP contribution in [0.3, 0.4) is 0 Å². The Balaban J connectivity index is 2.16. The summed E-state index contributed by atoms with van der Waals surface area (Å²) < 4.78 is 0. The molecule has 0 aromatic heterocycles. The second kappa shape index (κ2) is 6.38. The Labute approximate surface area is 97.0 Å². The van der Waals surface area contributed by atoms with Crippen LogP contribution in [0.15, 0.2) is 0 Å². The van der Waals surface area contributed by atoms with Gasteiger partial charge in [0.2, 0.25) is 5.91 Å². The van der Waals surface area contributed by atoms with Crippen LogP contribution in [0.1, 0.15) is 26.2 Å². The first kappa shape index (κ1) is 12.8. The second-order valence-corrected chi connectivity index (χ2v) is 5.80. The Kier molecular flexibility index (Phi) is 5.47. The smallest absolute Gasteiger partial charge is 0.223 e. The van der Waals surface area contributed by atoms with E-state index < -0.39 is 0 Å². The van der Waals surface area contributed by atoms with E-state index in [0.29, 0.717) is 17.7 Å². The SMILES string of the molecule is CC1SCCCC1NCCC(=O)N(C)C. The molecule has 0 saturated carbocycles. The molecule has 1 aliphatic rings. The van der Waals surface area contributed by atoms with Crippen LogP contribution in [0, 0.1) is 0 Å². The molecular formula is C11H22N2OS. The van der Waals surface area contributed by atoms with Gasteiger partial charge in [-0.2, -0.15) is 11.8 Å². The van der Waals surface area contributed by atoms with E-state index in [1.807, 2.05) is 11.8 Å². The van der Waals surface area contributed by atoms with Gasteiger partial charge in [0, 0.05) is 38.4 Å². The molecule has 1 heterocycles. The van der Waals surface area contributed by atoms with Crippen LogP contribution in [0.25, 0.3) is 0 Å². The molecule has 0 aromatic rings. The highest BCUT2D eigenvalue weighted by Gasteiger charge is 2.21. The quantitative estimate of drug-likeness (QED) is 0.791. The average Bonchev–Trinajstić information content (AvgIpc) is 2.20. The molecule has 2 atom stereocenters. The molecule has 0 aromatic carbocycles. The van der Waals surface area contributed by atoms with Crippen LogP contribution >= 0.6 is 11.8 Å². The molecule has 0 bridgehead atoms. The summed E-state index contributed by atoms with van der Waals surface area (Å²) in [7, 11) is 3.61. The lowest BCUT2D eigenvalue weighted by atomic mass is 10.1. The minimum atomic E-state index is 0.207. The minimum Gasteiger partial charge on any atom is -0.349 e. The third-order valence-electron chi connectivity index (χ3n) is 2.85. The molecule has 1 rings (SSSR count). The van der Waals surface area contributed by atoms with E-state index in [1.54, 1.807) is 19.0 Å². The number of thioether (sulfide) groups is 1. The van der Waals surface area contributed by atoms with E-state index in [4.69, 9.17) is 0 Å². The van der Waals surface area contributed by atoms with Crippen molar-refractivity contribution in [2.24, 2.45) is 0 Å². The first-order valence-corrected chi connectivity index (χ1v) is 6.71. The average molecular weight is 230 g/mol. The monoisotopic (exact) mass is 230 g/mol. The summed E-state index contributed by atoms with van der Waals surface area (Å²) in [6, 6.07) is 0.596. The van der Waals surface area contributed by atoms with E-state index in [1.165, 1.54) is 18.6 Å². The van der Waals surface area contributed by atoms with E-state index in [0.717, 1.165) is 6.54 Å². The van der Waals surface area contributed by atoms with Crippen molar-refractivity contribution in [1.82, 2.24) is 10.2 Å². The molecule has 15 heavy (non-hydrogen) atoms. The molecule has 4 heteroatoms. The van der Waals surface area contributed by atoms with Crippen molar-refractivity contribution in [2.75, 3.05) is 26.4 Å². The van der Waals surface area contributed by atoms with Gasteiger partial charge >= 0.3 is 0 Å². The van der Waals surface area contributed by atoms with Crippen molar-refractivity contribution in [2.45, 2.75) is 37.5 Å². The Morgan fingerprint density at radius 2 is 2.27 bits per heavy atom. The van der Waals surface area contributed by atoms with Crippen molar-refractivity contribution in [3.8, 4) is 0 Å². The Hall–Kier alpha value is -0.220. The van der Waals surface area contributed by atoms with Gasteiger partial charge in [0.05, 0.1) is 0 Å². The standard InChI is InChI=1S/C11H22N2OS/c1-9-10(5-4-8-15-9)12-7-6-11(14)13(2)3/h9-10,12H,4-8H2,1-3H3. The van der Waals surface area contributed by atoms with E-state index in [9.17, 15) is 4.79 Å². The Morgan fingerprint density at radius 3 is 2.87 bits per heavy atom. The normalized spacial score (nSPS) is 26.3. The highest BCUT2D eigenvalue weighted by Crippen LogP contribution is 2.24. The van der Waals surface area contributed by atoms with Gasteiger partial charge < -0.3 is 10.2 Å². The van der Waals surface area contributed by atoms with Gasteiger partial charge in [-0.25, -0.2) is 0 Å². The summed E-state index contributed by atoms with van der Waals surface area (Å²) in [6.07, 6.45) is 3.17. The van der Waals surface area contributed by atoms with Crippen LogP contribution < -0.4 is 5.32 Å². The predicted molar refractivity (Wildman–Crippen MR) is 66.3 cm³/mol. The molecule has 1 saturated heterocycles. The molecule has 1 aliphatic heterocycles. The third-order valence-corrected chi connectivity index (χ3v) is 4.23. The predicted octanol–water partition coefficient (Wildman–Crippen LogP) is 1.34. The molecule has 0 radical (unpaired) electrons. The number of rotatable bonds is 4. The van der Waals surface area contributed by atoms with Crippen molar-refractivity contribution < 1.29 is 4.79 Å². The van der Waals surface area contributed by atoms with Crippen LogP contribution in [-0.2, 0) is 4.79 Å². The van der Waals surface area contributed by atoms with Gasteiger partial charge in [-0.1, -0.05) is 6.92 Å². The zero-order chi connectivity index (χ0) is 11.3. The van der Waals surface area contributed by atoms with Gasteiger partial charge in [-0.05, 0) is 18.6 Å². The summed E-state index contributed by atoms with van der Waals surface area (Å²) in [6.45, 7) is 3.09. The number of carbonyl (C=O) groups excluding carboxylic acids is 1. The zero-order valence-corrected chi connectivity index (χ0v) is 10.8.